The minimum Gasteiger partial charge on any atom is -0.483 e. The molecular weight excluding hydrogens is 564 g/mol. The molecule has 0 saturated carbocycles. The highest BCUT2D eigenvalue weighted by Gasteiger charge is 2.31. The number of halogens is 2. The van der Waals surface area contributed by atoms with Gasteiger partial charge in [-0.05, 0) is 56.4 Å². The Morgan fingerprint density at radius 1 is 0.947 bits per heavy atom. The second-order valence-corrected chi connectivity index (χ2v) is 10.2. The van der Waals surface area contributed by atoms with Crippen LogP contribution in [-0.4, -0.2) is 35.9 Å². The molecule has 0 saturated heterocycles. The number of nitrogens with zero attached hydrogens (tertiary/aromatic N) is 1. The van der Waals surface area contributed by atoms with Gasteiger partial charge in [-0.3, -0.25) is 9.59 Å². The van der Waals surface area contributed by atoms with Gasteiger partial charge < -0.3 is 15.0 Å². The van der Waals surface area contributed by atoms with E-state index in [0.717, 1.165) is 32.8 Å². The molecule has 1 N–H and O–H groups in total. The summed E-state index contributed by atoms with van der Waals surface area (Å²) in [5.41, 5.74) is 1.72. The van der Waals surface area contributed by atoms with Crippen LogP contribution in [0.5, 0.6) is 5.75 Å². The zero-order chi connectivity index (χ0) is 26.9. The largest absolute Gasteiger partial charge is 0.483 e. The first-order valence-corrected chi connectivity index (χ1v) is 13.8. The molecule has 0 fully saturated rings. The molecule has 0 heterocycles. The number of nitrogens with one attached hydrogen (secondary N) is 1. The van der Waals surface area contributed by atoms with Crippen molar-refractivity contribution in [1.29, 1.82) is 0 Å². The van der Waals surface area contributed by atoms with E-state index in [4.69, 9.17) is 16.3 Å². The second kappa shape index (κ2) is 13.4. The lowest BCUT2D eigenvalue weighted by Gasteiger charge is -2.31. The third-order valence-corrected chi connectivity index (χ3v) is 7.48. The van der Waals surface area contributed by atoms with Crippen molar-refractivity contribution in [3.05, 3.63) is 112 Å². The van der Waals surface area contributed by atoms with Crippen molar-refractivity contribution in [2.24, 2.45) is 0 Å². The first-order chi connectivity index (χ1) is 18.5. The van der Waals surface area contributed by atoms with Crippen LogP contribution in [0.15, 0.2) is 95.5 Å². The second-order valence-electron chi connectivity index (χ2n) is 9.00. The minimum absolute atomic E-state index is 0.178. The summed E-state index contributed by atoms with van der Waals surface area (Å²) in [6.07, 6.45) is 1.16. The summed E-state index contributed by atoms with van der Waals surface area (Å²) in [5, 5.41) is 5.57. The van der Waals surface area contributed by atoms with Crippen molar-refractivity contribution >= 4 is 50.1 Å². The van der Waals surface area contributed by atoms with Gasteiger partial charge in [-0.25, -0.2) is 0 Å². The van der Waals surface area contributed by atoms with E-state index in [1.54, 1.807) is 11.0 Å². The maximum atomic E-state index is 13.8. The molecule has 7 heteroatoms. The van der Waals surface area contributed by atoms with Gasteiger partial charge in [0.2, 0.25) is 5.91 Å². The molecule has 0 radical (unpaired) electrons. The van der Waals surface area contributed by atoms with Crippen LogP contribution in [0.1, 0.15) is 24.5 Å². The lowest BCUT2D eigenvalue weighted by molar-refractivity contribution is -0.142. The summed E-state index contributed by atoms with van der Waals surface area (Å²) >= 11 is 10.1. The first-order valence-electron chi connectivity index (χ1n) is 12.6. The quantitative estimate of drug-likeness (QED) is 0.208. The van der Waals surface area contributed by atoms with Crippen molar-refractivity contribution in [3.63, 3.8) is 0 Å². The van der Waals surface area contributed by atoms with Crippen LogP contribution >= 0.6 is 27.5 Å². The van der Waals surface area contributed by atoms with Crippen LogP contribution in [0.3, 0.4) is 0 Å². The van der Waals surface area contributed by atoms with E-state index in [0.29, 0.717) is 23.7 Å². The van der Waals surface area contributed by atoms with E-state index >= 15 is 0 Å². The number of rotatable bonds is 11. The average Bonchev–Trinajstić information content (AvgIpc) is 2.94. The lowest BCUT2D eigenvalue weighted by atomic mass is 10.0. The highest BCUT2D eigenvalue weighted by molar-refractivity contribution is 9.10. The molecule has 5 nitrogen and oxygen atoms in total. The Morgan fingerprint density at radius 3 is 2.42 bits per heavy atom. The van der Waals surface area contributed by atoms with Crippen molar-refractivity contribution in [2.75, 3.05) is 13.2 Å². The summed E-state index contributed by atoms with van der Waals surface area (Å²) in [6, 6.07) is 28.1. The Hall–Kier alpha value is -3.35. The van der Waals surface area contributed by atoms with Crippen LogP contribution < -0.4 is 10.1 Å². The number of hydrogen-bond donors (Lipinski definition) is 1. The van der Waals surface area contributed by atoms with Gasteiger partial charge >= 0.3 is 0 Å². The monoisotopic (exact) mass is 592 g/mol. The van der Waals surface area contributed by atoms with E-state index < -0.39 is 6.04 Å². The molecular formula is C31H30BrClN2O3. The van der Waals surface area contributed by atoms with Gasteiger partial charge in [-0.15, -0.1) is 0 Å². The van der Waals surface area contributed by atoms with E-state index in [9.17, 15) is 9.59 Å². The molecule has 0 aliphatic heterocycles. The molecule has 4 aromatic carbocycles. The Labute approximate surface area is 236 Å². The summed E-state index contributed by atoms with van der Waals surface area (Å²) in [7, 11) is 0. The molecule has 2 amide bonds. The Balaban J connectivity index is 1.64. The summed E-state index contributed by atoms with van der Waals surface area (Å²) in [4.78, 5) is 28.8. The molecule has 38 heavy (non-hydrogen) atoms. The molecule has 0 spiro atoms. The van der Waals surface area contributed by atoms with Gasteiger partial charge in [0.25, 0.3) is 5.91 Å². The van der Waals surface area contributed by atoms with Crippen LogP contribution in [0, 0.1) is 0 Å². The van der Waals surface area contributed by atoms with Gasteiger partial charge in [-0.2, -0.15) is 0 Å². The van der Waals surface area contributed by atoms with Gasteiger partial charge in [0, 0.05) is 24.5 Å². The summed E-state index contributed by atoms with van der Waals surface area (Å²) in [5.74, 6) is 0.0466. The average molecular weight is 594 g/mol. The number of fused-ring (bicyclic) bond motifs is 1. The van der Waals surface area contributed by atoms with E-state index in [2.05, 4.69) is 21.2 Å². The number of benzene rings is 4. The zero-order valence-corrected chi connectivity index (χ0v) is 23.5. The SMILES string of the molecule is CCCNC(=O)[C@@H](Cc1ccccc1)N(Cc1ccccc1Cl)C(=O)COc1ccc2ccccc2c1Br. The van der Waals surface area contributed by atoms with E-state index in [1.807, 2.05) is 91.9 Å². The van der Waals surface area contributed by atoms with Gasteiger partial charge in [0.1, 0.15) is 11.8 Å². The third kappa shape index (κ3) is 6.94. The first kappa shape index (κ1) is 27.7. The normalized spacial score (nSPS) is 11.7. The third-order valence-electron chi connectivity index (χ3n) is 6.30. The number of carbonyl (C=O) groups excluding carboxylic acids is 2. The summed E-state index contributed by atoms with van der Waals surface area (Å²) in [6.45, 7) is 2.47. The van der Waals surface area contributed by atoms with Crippen LogP contribution in [0.25, 0.3) is 10.8 Å². The summed E-state index contributed by atoms with van der Waals surface area (Å²) < 4.78 is 6.79. The predicted octanol–water partition coefficient (Wildman–Crippen LogP) is 6.80. The molecule has 0 unspecified atom stereocenters. The number of hydrogen-bond acceptors (Lipinski definition) is 3. The molecule has 196 valence electrons. The van der Waals surface area contributed by atoms with Crippen molar-refractivity contribution in [2.45, 2.75) is 32.4 Å². The standard InChI is InChI=1S/C31H30BrClN2O3/c1-2-18-34-31(37)27(19-22-10-4-3-5-11-22)35(20-24-13-7-9-15-26(24)33)29(36)21-38-28-17-16-23-12-6-8-14-25(23)30(28)32/h3-17,27H,2,18-21H2,1H3,(H,34,37)/t27-/m1/s1. The molecule has 0 aliphatic rings. The fourth-order valence-corrected chi connectivity index (χ4v) is 5.08. The predicted molar refractivity (Wildman–Crippen MR) is 156 cm³/mol. The minimum atomic E-state index is -0.739. The van der Waals surface area contributed by atoms with Gasteiger partial charge in [0.05, 0.1) is 4.47 Å². The highest BCUT2D eigenvalue weighted by Crippen LogP contribution is 2.33. The molecule has 0 aromatic heterocycles. The molecule has 0 aliphatic carbocycles. The van der Waals surface area contributed by atoms with Crippen LogP contribution in [0.4, 0.5) is 0 Å². The molecule has 4 aromatic rings. The number of amides is 2. The zero-order valence-electron chi connectivity index (χ0n) is 21.2. The van der Waals surface area contributed by atoms with E-state index in [-0.39, 0.29) is 25.0 Å². The number of carbonyl (C=O) groups is 2. The van der Waals surface area contributed by atoms with Crippen molar-refractivity contribution < 1.29 is 14.3 Å². The van der Waals surface area contributed by atoms with Gasteiger partial charge in [-0.1, -0.05) is 97.4 Å². The molecule has 1 atom stereocenters. The van der Waals surface area contributed by atoms with Crippen molar-refractivity contribution in [3.8, 4) is 5.75 Å². The molecule has 4 rings (SSSR count). The topological polar surface area (TPSA) is 58.6 Å². The fraction of sp³-hybridized carbons (Fsp3) is 0.226. The Kier molecular flexibility index (Phi) is 9.79. The van der Waals surface area contributed by atoms with Crippen molar-refractivity contribution in [1.82, 2.24) is 10.2 Å². The highest BCUT2D eigenvalue weighted by atomic mass is 79.9. The maximum Gasteiger partial charge on any atom is 0.261 e. The molecule has 0 bridgehead atoms. The van der Waals surface area contributed by atoms with E-state index in [1.165, 1.54) is 0 Å². The Morgan fingerprint density at radius 2 is 1.66 bits per heavy atom. The fourth-order valence-electron chi connectivity index (χ4n) is 4.28. The maximum absolute atomic E-state index is 13.8. The van der Waals surface area contributed by atoms with Crippen LogP contribution in [0.2, 0.25) is 5.02 Å². The van der Waals surface area contributed by atoms with Gasteiger partial charge in [0.15, 0.2) is 6.61 Å². The smallest absolute Gasteiger partial charge is 0.261 e. The lowest BCUT2D eigenvalue weighted by Crippen LogP contribution is -2.51. The van der Waals surface area contributed by atoms with Crippen LogP contribution in [-0.2, 0) is 22.6 Å². The Bertz CT molecular complexity index is 1400. The number of ether oxygens (including phenoxy) is 1.